The first-order chi connectivity index (χ1) is 9.86. The molecule has 7 heteroatoms. The Kier molecular flexibility index (Phi) is 6.74. The maximum atomic E-state index is 11.6. The summed E-state index contributed by atoms with van der Waals surface area (Å²) in [5.41, 5.74) is 0.701. The zero-order chi connectivity index (χ0) is 15.8. The molecule has 0 bridgehead atoms. The van der Waals surface area contributed by atoms with Gasteiger partial charge in [-0.25, -0.2) is 4.79 Å². The van der Waals surface area contributed by atoms with Crippen molar-refractivity contribution in [2.45, 2.75) is 31.7 Å². The minimum Gasteiger partial charge on any atom is -0.336 e. The SMILES string of the molecule is CC(=O)Nc1ccc(SCC(=O)NC(=O)NC(C)C)cc1. The number of thioether (sulfide) groups is 1. The zero-order valence-corrected chi connectivity index (χ0v) is 13.0. The van der Waals surface area contributed by atoms with Gasteiger partial charge in [0.05, 0.1) is 5.75 Å². The molecule has 0 saturated heterocycles. The van der Waals surface area contributed by atoms with Crippen LogP contribution in [-0.2, 0) is 9.59 Å². The fourth-order valence-electron chi connectivity index (χ4n) is 1.45. The molecule has 0 radical (unpaired) electrons. The summed E-state index contributed by atoms with van der Waals surface area (Å²) in [6.07, 6.45) is 0. The normalized spacial score (nSPS) is 10.1. The average molecular weight is 309 g/mol. The quantitative estimate of drug-likeness (QED) is 0.726. The second kappa shape index (κ2) is 8.31. The third kappa shape index (κ3) is 7.36. The number of carbonyl (C=O) groups excluding carboxylic acids is 3. The molecule has 114 valence electrons. The number of amides is 4. The predicted molar refractivity (Wildman–Crippen MR) is 83.3 cm³/mol. The van der Waals surface area contributed by atoms with Gasteiger partial charge in [0.15, 0.2) is 0 Å². The molecular formula is C14H19N3O3S. The van der Waals surface area contributed by atoms with Crippen LogP contribution in [0, 0.1) is 0 Å². The molecule has 0 aliphatic heterocycles. The summed E-state index contributed by atoms with van der Waals surface area (Å²) in [5, 5.41) is 7.49. The average Bonchev–Trinajstić information content (AvgIpc) is 2.36. The molecule has 1 aromatic carbocycles. The van der Waals surface area contributed by atoms with Crippen LogP contribution in [0.3, 0.4) is 0 Å². The molecular weight excluding hydrogens is 290 g/mol. The Morgan fingerprint density at radius 2 is 1.76 bits per heavy atom. The lowest BCUT2D eigenvalue weighted by atomic mass is 10.3. The van der Waals surface area contributed by atoms with Gasteiger partial charge < -0.3 is 10.6 Å². The van der Waals surface area contributed by atoms with Crippen molar-refractivity contribution in [3.63, 3.8) is 0 Å². The Hall–Kier alpha value is -2.02. The van der Waals surface area contributed by atoms with Crippen molar-refractivity contribution >= 4 is 35.3 Å². The van der Waals surface area contributed by atoms with E-state index in [0.717, 1.165) is 4.90 Å². The maximum Gasteiger partial charge on any atom is 0.321 e. The van der Waals surface area contributed by atoms with Crippen LogP contribution < -0.4 is 16.0 Å². The second-order valence-corrected chi connectivity index (χ2v) is 5.72. The van der Waals surface area contributed by atoms with Gasteiger partial charge in [-0.15, -0.1) is 11.8 Å². The Morgan fingerprint density at radius 1 is 1.14 bits per heavy atom. The first-order valence-corrected chi connectivity index (χ1v) is 7.46. The van der Waals surface area contributed by atoms with Crippen molar-refractivity contribution in [1.29, 1.82) is 0 Å². The number of anilines is 1. The summed E-state index contributed by atoms with van der Waals surface area (Å²) in [5.74, 6) is -0.347. The molecule has 0 spiro atoms. The van der Waals surface area contributed by atoms with Gasteiger partial charge in [-0.3, -0.25) is 14.9 Å². The Balaban J connectivity index is 2.39. The van der Waals surface area contributed by atoms with E-state index in [1.54, 1.807) is 24.3 Å². The van der Waals surface area contributed by atoms with Crippen molar-refractivity contribution in [3.8, 4) is 0 Å². The molecule has 0 aromatic heterocycles. The first-order valence-electron chi connectivity index (χ1n) is 6.47. The van der Waals surface area contributed by atoms with E-state index in [1.807, 2.05) is 13.8 Å². The molecule has 4 amide bonds. The molecule has 6 nitrogen and oxygen atoms in total. The van der Waals surface area contributed by atoms with Crippen molar-refractivity contribution < 1.29 is 14.4 Å². The molecule has 0 aliphatic carbocycles. The molecule has 0 saturated carbocycles. The zero-order valence-electron chi connectivity index (χ0n) is 12.2. The number of urea groups is 1. The van der Waals surface area contributed by atoms with E-state index >= 15 is 0 Å². The van der Waals surface area contributed by atoms with Crippen molar-refractivity contribution in [1.82, 2.24) is 10.6 Å². The van der Waals surface area contributed by atoms with Crippen LogP contribution in [-0.4, -0.2) is 29.6 Å². The van der Waals surface area contributed by atoms with Gasteiger partial charge in [-0.05, 0) is 38.1 Å². The molecule has 1 rings (SSSR count). The van der Waals surface area contributed by atoms with Gasteiger partial charge in [0.1, 0.15) is 0 Å². The molecule has 0 heterocycles. The van der Waals surface area contributed by atoms with E-state index in [-0.39, 0.29) is 23.6 Å². The van der Waals surface area contributed by atoms with Crippen molar-refractivity contribution in [3.05, 3.63) is 24.3 Å². The van der Waals surface area contributed by atoms with Gasteiger partial charge in [-0.2, -0.15) is 0 Å². The van der Waals surface area contributed by atoms with E-state index in [1.165, 1.54) is 18.7 Å². The van der Waals surface area contributed by atoms with Gasteiger partial charge in [-0.1, -0.05) is 0 Å². The number of carbonyl (C=O) groups is 3. The van der Waals surface area contributed by atoms with E-state index in [9.17, 15) is 14.4 Å². The Labute approximate surface area is 128 Å². The van der Waals surface area contributed by atoms with Gasteiger partial charge >= 0.3 is 6.03 Å². The molecule has 0 aliphatic rings. The third-order valence-electron chi connectivity index (χ3n) is 2.22. The Morgan fingerprint density at radius 3 is 2.29 bits per heavy atom. The predicted octanol–water partition coefficient (Wildman–Crippen LogP) is 1.97. The van der Waals surface area contributed by atoms with Crippen molar-refractivity contribution in [2.24, 2.45) is 0 Å². The molecule has 0 unspecified atom stereocenters. The van der Waals surface area contributed by atoms with Crippen LogP contribution in [0.25, 0.3) is 0 Å². The monoisotopic (exact) mass is 309 g/mol. The first kappa shape index (κ1) is 17.0. The molecule has 3 N–H and O–H groups in total. The fourth-order valence-corrected chi connectivity index (χ4v) is 2.15. The third-order valence-corrected chi connectivity index (χ3v) is 3.23. The van der Waals surface area contributed by atoms with E-state index in [4.69, 9.17) is 0 Å². The number of nitrogens with one attached hydrogen (secondary N) is 3. The summed E-state index contributed by atoms with van der Waals surface area (Å²) in [7, 11) is 0. The summed E-state index contributed by atoms with van der Waals surface area (Å²) in [4.78, 5) is 34.7. The number of hydrogen-bond donors (Lipinski definition) is 3. The van der Waals surface area contributed by atoms with Crippen molar-refractivity contribution in [2.75, 3.05) is 11.1 Å². The minimum atomic E-state index is -0.489. The van der Waals surface area contributed by atoms with Gasteiger partial charge in [0.2, 0.25) is 11.8 Å². The number of imide groups is 1. The van der Waals surface area contributed by atoms with Gasteiger partial charge in [0.25, 0.3) is 0 Å². The highest BCUT2D eigenvalue weighted by Gasteiger charge is 2.09. The van der Waals surface area contributed by atoms with E-state index in [2.05, 4.69) is 16.0 Å². The van der Waals surface area contributed by atoms with Crippen LogP contribution in [0.2, 0.25) is 0 Å². The largest absolute Gasteiger partial charge is 0.336 e. The topological polar surface area (TPSA) is 87.3 Å². The van der Waals surface area contributed by atoms with Crippen LogP contribution in [0.4, 0.5) is 10.5 Å². The lowest BCUT2D eigenvalue weighted by Gasteiger charge is -2.09. The number of hydrogen-bond acceptors (Lipinski definition) is 4. The molecule has 21 heavy (non-hydrogen) atoms. The molecule has 0 atom stereocenters. The lowest BCUT2D eigenvalue weighted by molar-refractivity contribution is -0.117. The molecule has 0 fully saturated rings. The standard InChI is InChI=1S/C14H19N3O3S/c1-9(2)15-14(20)17-13(19)8-21-12-6-4-11(5-7-12)16-10(3)18/h4-7,9H,8H2,1-3H3,(H,16,18)(H2,15,17,19,20). The van der Waals surface area contributed by atoms with Crippen LogP contribution >= 0.6 is 11.8 Å². The minimum absolute atomic E-state index is 0.0215. The number of benzene rings is 1. The van der Waals surface area contributed by atoms with Crippen LogP contribution in [0.5, 0.6) is 0 Å². The smallest absolute Gasteiger partial charge is 0.321 e. The second-order valence-electron chi connectivity index (χ2n) is 4.67. The Bertz CT molecular complexity index is 515. The van der Waals surface area contributed by atoms with Crippen LogP contribution in [0.1, 0.15) is 20.8 Å². The maximum absolute atomic E-state index is 11.6. The lowest BCUT2D eigenvalue weighted by Crippen LogP contribution is -2.43. The van der Waals surface area contributed by atoms with E-state index in [0.29, 0.717) is 5.69 Å². The highest BCUT2D eigenvalue weighted by atomic mass is 32.2. The van der Waals surface area contributed by atoms with E-state index < -0.39 is 6.03 Å². The van der Waals surface area contributed by atoms with Gasteiger partial charge in [0, 0.05) is 23.5 Å². The highest BCUT2D eigenvalue weighted by molar-refractivity contribution is 8.00. The summed E-state index contributed by atoms with van der Waals surface area (Å²) in [6, 6.07) is 6.61. The highest BCUT2D eigenvalue weighted by Crippen LogP contribution is 2.20. The summed E-state index contributed by atoms with van der Waals surface area (Å²) >= 11 is 1.31. The summed E-state index contributed by atoms with van der Waals surface area (Å²) < 4.78 is 0. The van der Waals surface area contributed by atoms with Crippen LogP contribution in [0.15, 0.2) is 29.2 Å². The fraction of sp³-hybridized carbons (Fsp3) is 0.357. The molecule has 1 aromatic rings. The number of rotatable bonds is 5. The summed E-state index contributed by atoms with van der Waals surface area (Å²) in [6.45, 7) is 5.07.